The van der Waals surface area contributed by atoms with Gasteiger partial charge in [-0.15, -0.1) is 0 Å². The topological polar surface area (TPSA) is 87.7 Å². The van der Waals surface area contributed by atoms with Gasteiger partial charge < -0.3 is 20.3 Å². The van der Waals surface area contributed by atoms with Crippen molar-refractivity contribution < 1.29 is 19.1 Å². The molecule has 0 radical (unpaired) electrons. The Bertz CT molecular complexity index is 1060. The Morgan fingerprint density at radius 2 is 1.75 bits per heavy atom. The highest BCUT2D eigenvalue weighted by Crippen LogP contribution is 2.31. The molecule has 0 aliphatic carbocycles. The van der Waals surface area contributed by atoms with E-state index in [9.17, 15) is 14.4 Å². The molecule has 1 unspecified atom stereocenters. The SMILES string of the molecule is CC1=C(C(=O)OC(C)C)C(c2ccc(NC(=O)/C=C/c3ccccc3)cc2)NC(=O)N1C. The molecule has 1 atom stereocenters. The van der Waals surface area contributed by atoms with E-state index in [1.807, 2.05) is 30.3 Å². The highest BCUT2D eigenvalue weighted by atomic mass is 16.5. The van der Waals surface area contributed by atoms with E-state index in [0.717, 1.165) is 5.56 Å². The van der Waals surface area contributed by atoms with E-state index in [1.54, 1.807) is 58.2 Å². The zero-order valence-corrected chi connectivity index (χ0v) is 18.6. The summed E-state index contributed by atoms with van der Waals surface area (Å²) in [7, 11) is 1.60. The third-order valence-electron chi connectivity index (χ3n) is 5.05. The number of amides is 3. The minimum atomic E-state index is -0.646. The van der Waals surface area contributed by atoms with E-state index in [0.29, 0.717) is 22.5 Å². The molecule has 2 aromatic carbocycles. The summed E-state index contributed by atoms with van der Waals surface area (Å²) in [5.74, 6) is -0.732. The lowest BCUT2D eigenvalue weighted by molar-refractivity contribution is -0.143. The predicted octanol–water partition coefficient (Wildman–Crippen LogP) is 4.26. The van der Waals surface area contributed by atoms with Gasteiger partial charge in [-0.25, -0.2) is 9.59 Å². The molecule has 0 fully saturated rings. The minimum absolute atomic E-state index is 0.258. The molecule has 0 bridgehead atoms. The van der Waals surface area contributed by atoms with Crippen LogP contribution < -0.4 is 10.6 Å². The summed E-state index contributed by atoms with van der Waals surface area (Å²) in [5, 5.41) is 5.65. The standard InChI is InChI=1S/C25H27N3O4/c1-16(2)32-24(30)22-17(3)28(4)25(31)27-23(22)19-11-13-20(14-12-19)26-21(29)15-10-18-8-6-5-7-9-18/h5-16,23H,1-4H3,(H,26,29)(H,27,31)/b15-10+. The molecular weight excluding hydrogens is 406 g/mol. The fourth-order valence-electron chi connectivity index (χ4n) is 3.31. The van der Waals surface area contributed by atoms with Gasteiger partial charge in [-0.05, 0) is 50.1 Å². The number of ether oxygens (including phenoxy) is 1. The van der Waals surface area contributed by atoms with Crippen LogP contribution in [0.3, 0.4) is 0 Å². The van der Waals surface area contributed by atoms with Crippen LogP contribution in [0.25, 0.3) is 6.08 Å². The number of nitrogens with one attached hydrogen (secondary N) is 2. The molecule has 0 saturated carbocycles. The van der Waals surface area contributed by atoms with E-state index in [1.165, 1.54) is 11.0 Å². The number of esters is 1. The molecule has 3 amide bonds. The maximum Gasteiger partial charge on any atom is 0.338 e. The summed E-state index contributed by atoms with van der Waals surface area (Å²) >= 11 is 0. The van der Waals surface area contributed by atoms with Crippen LogP contribution in [0.15, 0.2) is 71.9 Å². The van der Waals surface area contributed by atoms with Crippen molar-refractivity contribution in [3.05, 3.63) is 83.1 Å². The third kappa shape index (κ3) is 5.43. The van der Waals surface area contributed by atoms with Crippen molar-refractivity contribution in [1.29, 1.82) is 0 Å². The number of benzene rings is 2. The number of urea groups is 1. The summed E-state index contributed by atoms with van der Waals surface area (Å²) in [6.07, 6.45) is 2.91. The van der Waals surface area contributed by atoms with Crippen molar-refractivity contribution in [3.63, 3.8) is 0 Å². The van der Waals surface area contributed by atoms with E-state index in [2.05, 4.69) is 10.6 Å². The largest absolute Gasteiger partial charge is 0.459 e. The molecule has 3 rings (SSSR count). The predicted molar refractivity (Wildman–Crippen MR) is 124 cm³/mol. The Kier molecular flexibility index (Phi) is 7.10. The Balaban J connectivity index is 1.77. The number of carbonyl (C=O) groups is 3. The first-order valence-electron chi connectivity index (χ1n) is 10.4. The molecule has 1 aliphatic heterocycles. The first kappa shape index (κ1) is 22.8. The molecule has 32 heavy (non-hydrogen) atoms. The molecule has 7 heteroatoms. The van der Waals surface area contributed by atoms with E-state index in [-0.39, 0.29) is 18.0 Å². The van der Waals surface area contributed by atoms with Crippen LogP contribution in [-0.2, 0) is 14.3 Å². The van der Waals surface area contributed by atoms with Crippen molar-refractivity contribution in [2.24, 2.45) is 0 Å². The summed E-state index contributed by atoms with van der Waals surface area (Å²) < 4.78 is 5.40. The summed E-state index contributed by atoms with van der Waals surface area (Å²) in [6, 6.07) is 15.6. The molecule has 166 valence electrons. The van der Waals surface area contributed by atoms with Crippen LogP contribution in [0, 0.1) is 0 Å². The average molecular weight is 434 g/mol. The van der Waals surface area contributed by atoms with Gasteiger partial charge in [-0.1, -0.05) is 42.5 Å². The average Bonchev–Trinajstić information content (AvgIpc) is 2.76. The van der Waals surface area contributed by atoms with Gasteiger partial charge in [0.1, 0.15) is 0 Å². The van der Waals surface area contributed by atoms with Crippen LogP contribution >= 0.6 is 0 Å². The van der Waals surface area contributed by atoms with Crippen LogP contribution in [-0.4, -0.2) is 36.0 Å². The van der Waals surface area contributed by atoms with Crippen molar-refractivity contribution in [2.45, 2.75) is 32.9 Å². The van der Waals surface area contributed by atoms with Gasteiger partial charge in [-0.3, -0.25) is 4.79 Å². The van der Waals surface area contributed by atoms with Gasteiger partial charge in [0.2, 0.25) is 5.91 Å². The minimum Gasteiger partial charge on any atom is -0.459 e. The molecule has 0 saturated heterocycles. The smallest absolute Gasteiger partial charge is 0.338 e. The second-order valence-corrected chi connectivity index (χ2v) is 7.75. The lowest BCUT2D eigenvalue weighted by Gasteiger charge is -2.33. The van der Waals surface area contributed by atoms with E-state index in [4.69, 9.17) is 4.74 Å². The number of carbonyl (C=O) groups excluding carboxylic acids is 3. The number of nitrogens with zero attached hydrogens (tertiary/aromatic N) is 1. The second-order valence-electron chi connectivity index (χ2n) is 7.75. The van der Waals surface area contributed by atoms with Crippen LogP contribution in [0.4, 0.5) is 10.5 Å². The van der Waals surface area contributed by atoms with Crippen molar-refractivity contribution in [3.8, 4) is 0 Å². The highest BCUT2D eigenvalue weighted by Gasteiger charge is 2.35. The Hall–Kier alpha value is -3.87. The number of allylic oxidation sites excluding steroid dienone is 1. The maximum atomic E-state index is 12.7. The quantitative estimate of drug-likeness (QED) is 0.526. The third-order valence-corrected chi connectivity index (χ3v) is 5.05. The molecular formula is C25H27N3O4. The van der Waals surface area contributed by atoms with Crippen LogP contribution in [0.5, 0.6) is 0 Å². The number of rotatable bonds is 6. The number of hydrogen-bond donors (Lipinski definition) is 2. The van der Waals surface area contributed by atoms with Gasteiger partial charge in [0.05, 0.1) is 17.7 Å². The van der Waals surface area contributed by atoms with Gasteiger partial charge in [0.15, 0.2) is 0 Å². The molecule has 7 nitrogen and oxygen atoms in total. The van der Waals surface area contributed by atoms with Crippen molar-refractivity contribution >= 4 is 29.7 Å². The summed E-state index contributed by atoms with van der Waals surface area (Å²) in [5.41, 5.74) is 3.15. The zero-order valence-electron chi connectivity index (χ0n) is 18.6. The monoisotopic (exact) mass is 433 g/mol. The van der Waals surface area contributed by atoms with Crippen molar-refractivity contribution in [1.82, 2.24) is 10.2 Å². The number of hydrogen-bond acceptors (Lipinski definition) is 4. The first-order valence-corrected chi connectivity index (χ1v) is 10.4. The van der Waals surface area contributed by atoms with E-state index < -0.39 is 12.0 Å². The second kappa shape index (κ2) is 9.96. The van der Waals surface area contributed by atoms with E-state index >= 15 is 0 Å². The Labute approximate surface area is 187 Å². The molecule has 1 aliphatic rings. The van der Waals surface area contributed by atoms with Gasteiger partial charge in [-0.2, -0.15) is 0 Å². The van der Waals surface area contributed by atoms with Crippen LogP contribution in [0.2, 0.25) is 0 Å². The van der Waals surface area contributed by atoms with Gasteiger partial charge >= 0.3 is 12.0 Å². The fourth-order valence-corrected chi connectivity index (χ4v) is 3.31. The lowest BCUT2D eigenvalue weighted by atomic mass is 9.95. The molecule has 2 aromatic rings. The zero-order chi connectivity index (χ0) is 23.3. The molecule has 2 N–H and O–H groups in total. The molecule has 0 aromatic heterocycles. The highest BCUT2D eigenvalue weighted by molar-refractivity contribution is 6.02. The summed E-state index contributed by atoms with van der Waals surface area (Å²) in [6.45, 7) is 5.27. The molecule has 0 spiro atoms. The molecule has 1 heterocycles. The number of anilines is 1. The van der Waals surface area contributed by atoms with Gasteiger partial charge in [0, 0.05) is 24.5 Å². The first-order chi connectivity index (χ1) is 15.3. The lowest BCUT2D eigenvalue weighted by Crippen LogP contribution is -2.46. The van der Waals surface area contributed by atoms with Crippen LogP contribution in [0.1, 0.15) is 37.9 Å². The normalized spacial score (nSPS) is 16.3. The Morgan fingerprint density at radius 3 is 2.38 bits per heavy atom. The maximum absolute atomic E-state index is 12.7. The van der Waals surface area contributed by atoms with Crippen molar-refractivity contribution in [2.75, 3.05) is 12.4 Å². The van der Waals surface area contributed by atoms with Gasteiger partial charge in [0.25, 0.3) is 0 Å². The Morgan fingerprint density at radius 1 is 1.09 bits per heavy atom. The fraction of sp³-hybridized carbons (Fsp3) is 0.240. The summed E-state index contributed by atoms with van der Waals surface area (Å²) in [4.78, 5) is 38.7.